The maximum Gasteiger partial charge on any atom is 0.328 e. The molecular weight excluding hydrogens is 406 g/mol. The number of carboxylic acids is 2. The fourth-order valence-corrected chi connectivity index (χ4v) is 3.97. The lowest BCUT2D eigenvalue weighted by Gasteiger charge is -2.32. The third kappa shape index (κ3) is 6.60. The van der Waals surface area contributed by atoms with Crippen LogP contribution in [-0.4, -0.2) is 76.7 Å². The number of benzene rings is 1. The van der Waals surface area contributed by atoms with Crippen LogP contribution in [0, 0.1) is 0 Å². The summed E-state index contributed by atoms with van der Waals surface area (Å²) in [5.74, 6) is -2.51. The molecule has 2 aliphatic rings. The number of allylic oxidation sites excluding steroid dienone is 1. The molecule has 32 heavy (non-hydrogen) atoms. The SMILES string of the molecule is CN1CCN(CCC2=CCc3c2cccc3-c2ccncc2)CC1.O=C(O)/C=C\C(=O)O. The second kappa shape index (κ2) is 11.4. The summed E-state index contributed by atoms with van der Waals surface area (Å²) in [4.78, 5) is 28.3. The van der Waals surface area contributed by atoms with Crippen LogP contribution in [0.4, 0.5) is 0 Å². The quantitative estimate of drug-likeness (QED) is 0.674. The molecule has 1 aliphatic heterocycles. The zero-order valence-corrected chi connectivity index (χ0v) is 18.3. The van der Waals surface area contributed by atoms with Gasteiger partial charge >= 0.3 is 11.9 Å². The van der Waals surface area contributed by atoms with Crippen LogP contribution in [0.5, 0.6) is 0 Å². The predicted octanol–water partition coefficient (Wildman–Crippen LogP) is 3.04. The van der Waals surface area contributed by atoms with Crippen LogP contribution in [0.25, 0.3) is 16.7 Å². The first kappa shape index (κ1) is 23.4. The van der Waals surface area contributed by atoms with E-state index in [9.17, 15) is 9.59 Å². The minimum absolute atomic E-state index is 0.558. The number of nitrogens with zero attached hydrogens (tertiary/aromatic N) is 3. The van der Waals surface area contributed by atoms with Gasteiger partial charge in [0.25, 0.3) is 0 Å². The van der Waals surface area contributed by atoms with Crippen molar-refractivity contribution in [3.8, 4) is 11.1 Å². The molecular formula is C25H29N3O4. The Morgan fingerprint density at radius 2 is 1.59 bits per heavy atom. The number of aromatic nitrogens is 1. The van der Waals surface area contributed by atoms with Gasteiger partial charge in [-0.2, -0.15) is 0 Å². The normalized spacial score (nSPS) is 16.2. The smallest absolute Gasteiger partial charge is 0.328 e. The fraction of sp³-hybridized carbons (Fsp3) is 0.320. The standard InChI is InChI=1S/C21H25N3.C4H4O4/c1-23-13-15-24(16-14-23)12-9-17-5-6-21-19(17)3-2-4-20(21)18-7-10-22-11-8-18;5-3(6)1-2-4(7)8/h2-5,7-8,10-11H,6,9,12-16H2,1H3;1-2H,(H,5,6)(H,7,8)/b;2-1-. The summed E-state index contributed by atoms with van der Waals surface area (Å²) in [6, 6.07) is 11.0. The van der Waals surface area contributed by atoms with E-state index in [1.54, 1.807) is 0 Å². The third-order valence-electron chi connectivity index (χ3n) is 5.73. The molecule has 4 rings (SSSR count). The Morgan fingerprint density at radius 1 is 0.969 bits per heavy atom. The summed E-state index contributed by atoms with van der Waals surface area (Å²) in [6.45, 7) is 5.98. The molecule has 0 saturated carbocycles. The van der Waals surface area contributed by atoms with Crippen LogP contribution < -0.4 is 0 Å². The molecule has 1 aromatic carbocycles. The summed E-state index contributed by atoms with van der Waals surface area (Å²) in [5, 5.41) is 15.6. The highest BCUT2D eigenvalue weighted by Crippen LogP contribution is 2.36. The molecule has 7 nitrogen and oxygen atoms in total. The topological polar surface area (TPSA) is 94.0 Å². The van der Waals surface area contributed by atoms with Crippen molar-refractivity contribution in [3.05, 3.63) is 72.1 Å². The van der Waals surface area contributed by atoms with Crippen LogP contribution in [0.2, 0.25) is 0 Å². The molecule has 0 spiro atoms. The van der Waals surface area contributed by atoms with Gasteiger partial charge in [0.15, 0.2) is 0 Å². The number of carboxylic acid groups (broad SMARTS) is 2. The van der Waals surface area contributed by atoms with E-state index < -0.39 is 11.9 Å². The van der Waals surface area contributed by atoms with Gasteiger partial charge in [0, 0.05) is 57.3 Å². The van der Waals surface area contributed by atoms with Crippen molar-refractivity contribution >= 4 is 17.5 Å². The molecule has 2 heterocycles. The lowest BCUT2D eigenvalue weighted by atomic mass is 9.95. The van der Waals surface area contributed by atoms with Gasteiger partial charge in [-0.3, -0.25) is 4.98 Å². The molecule has 0 unspecified atom stereocenters. The van der Waals surface area contributed by atoms with Crippen molar-refractivity contribution in [1.29, 1.82) is 0 Å². The second-order valence-electron chi connectivity index (χ2n) is 7.91. The lowest BCUT2D eigenvalue weighted by Crippen LogP contribution is -2.44. The molecule has 7 heteroatoms. The highest BCUT2D eigenvalue weighted by molar-refractivity contribution is 5.89. The van der Waals surface area contributed by atoms with Crippen molar-refractivity contribution in [1.82, 2.24) is 14.8 Å². The van der Waals surface area contributed by atoms with Gasteiger partial charge < -0.3 is 20.0 Å². The van der Waals surface area contributed by atoms with Crippen molar-refractivity contribution in [2.75, 3.05) is 39.8 Å². The van der Waals surface area contributed by atoms with E-state index >= 15 is 0 Å². The van der Waals surface area contributed by atoms with Crippen LogP contribution in [0.3, 0.4) is 0 Å². The summed E-state index contributed by atoms with van der Waals surface area (Å²) >= 11 is 0. The van der Waals surface area contributed by atoms with E-state index in [1.165, 1.54) is 60.6 Å². The minimum Gasteiger partial charge on any atom is -0.478 e. The fourth-order valence-electron chi connectivity index (χ4n) is 3.97. The first-order valence-electron chi connectivity index (χ1n) is 10.7. The van der Waals surface area contributed by atoms with Gasteiger partial charge in [0.2, 0.25) is 0 Å². The molecule has 1 fully saturated rings. The third-order valence-corrected chi connectivity index (χ3v) is 5.73. The number of pyridine rings is 1. The summed E-state index contributed by atoms with van der Waals surface area (Å²) in [6.07, 6.45) is 9.54. The molecule has 0 bridgehead atoms. The Labute approximate surface area is 188 Å². The summed E-state index contributed by atoms with van der Waals surface area (Å²) < 4.78 is 0. The maximum absolute atomic E-state index is 9.55. The van der Waals surface area contributed by atoms with Gasteiger partial charge in [0.05, 0.1) is 0 Å². The number of aliphatic carboxylic acids is 2. The van der Waals surface area contributed by atoms with Crippen molar-refractivity contribution in [2.24, 2.45) is 0 Å². The monoisotopic (exact) mass is 435 g/mol. The van der Waals surface area contributed by atoms with E-state index in [-0.39, 0.29) is 0 Å². The lowest BCUT2D eigenvalue weighted by molar-refractivity contribution is -0.134. The van der Waals surface area contributed by atoms with E-state index in [4.69, 9.17) is 10.2 Å². The number of piperazine rings is 1. The van der Waals surface area contributed by atoms with Crippen LogP contribution in [0.15, 0.2) is 61.0 Å². The summed E-state index contributed by atoms with van der Waals surface area (Å²) in [5.41, 5.74) is 7.10. The molecule has 168 valence electrons. The van der Waals surface area contributed by atoms with Crippen molar-refractivity contribution < 1.29 is 19.8 Å². The molecule has 1 aromatic heterocycles. The number of fused-ring (bicyclic) bond motifs is 1. The Bertz CT molecular complexity index is 978. The largest absolute Gasteiger partial charge is 0.478 e. The highest BCUT2D eigenvalue weighted by atomic mass is 16.4. The number of carbonyl (C=O) groups is 2. The molecule has 2 N–H and O–H groups in total. The second-order valence-corrected chi connectivity index (χ2v) is 7.91. The van der Waals surface area contributed by atoms with E-state index in [2.05, 4.69) is 58.2 Å². The zero-order valence-electron chi connectivity index (χ0n) is 18.3. The Kier molecular flexibility index (Phi) is 8.30. The van der Waals surface area contributed by atoms with E-state index in [0.717, 1.165) is 12.8 Å². The maximum atomic E-state index is 9.55. The van der Waals surface area contributed by atoms with Crippen molar-refractivity contribution in [3.63, 3.8) is 0 Å². The summed E-state index contributed by atoms with van der Waals surface area (Å²) in [7, 11) is 2.22. The van der Waals surface area contributed by atoms with Gasteiger partial charge in [-0.15, -0.1) is 0 Å². The highest BCUT2D eigenvalue weighted by Gasteiger charge is 2.19. The minimum atomic E-state index is -1.26. The van der Waals surface area contributed by atoms with Crippen LogP contribution in [-0.2, 0) is 16.0 Å². The van der Waals surface area contributed by atoms with Crippen LogP contribution >= 0.6 is 0 Å². The number of rotatable bonds is 6. The first-order chi connectivity index (χ1) is 15.4. The van der Waals surface area contributed by atoms with Crippen LogP contribution in [0.1, 0.15) is 17.5 Å². The number of hydrogen-bond donors (Lipinski definition) is 2. The number of likely N-dealkylation sites (N-methyl/N-ethyl adjacent to an activating group) is 1. The zero-order chi connectivity index (χ0) is 22.9. The average Bonchev–Trinajstić information content (AvgIpc) is 3.21. The Morgan fingerprint density at radius 3 is 2.22 bits per heavy atom. The van der Waals surface area contributed by atoms with Gasteiger partial charge in [-0.1, -0.05) is 24.3 Å². The number of hydrogen-bond acceptors (Lipinski definition) is 5. The molecule has 1 saturated heterocycles. The Hall–Kier alpha value is -3.29. The first-order valence-corrected chi connectivity index (χ1v) is 10.7. The average molecular weight is 436 g/mol. The molecule has 0 amide bonds. The van der Waals surface area contributed by atoms with Gasteiger partial charge in [-0.05, 0) is 59.8 Å². The predicted molar refractivity (Wildman–Crippen MR) is 124 cm³/mol. The molecule has 2 aromatic rings. The molecule has 0 atom stereocenters. The molecule has 0 radical (unpaired) electrons. The van der Waals surface area contributed by atoms with Gasteiger partial charge in [-0.25, -0.2) is 9.59 Å². The Balaban J connectivity index is 0.000000312. The van der Waals surface area contributed by atoms with E-state index in [0.29, 0.717) is 12.2 Å². The molecule has 1 aliphatic carbocycles. The van der Waals surface area contributed by atoms with E-state index in [1.807, 2.05) is 12.4 Å². The van der Waals surface area contributed by atoms with Crippen molar-refractivity contribution in [2.45, 2.75) is 12.8 Å². The van der Waals surface area contributed by atoms with Gasteiger partial charge in [0.1, 0.15) is 0 Å².